The van der Waals surface area contributed by atoms with Gasteiger partial charge in [-0.1, -0.05) is 12.1 Å². The first-order valence-electron chi connectivity index (χ1n) is 11.2. The van der Waals surface area contributed by atoms with Gasteiger partial charge in [-0.15, -0.1) is 11.3 Å². The number of ether oxygens (including phenoxy) is 4. The van der Waals surface area contributed by atoms with Gasteiger partial charge in [-0.05, 0) is 48.5 Å². The van der Waals surface area contributed by atoms with E-state index in [4.69, 9.17) is 18.9 Å². The van der Waals surface area contributed by atoms with Crippen molar-refractivity contribution < 1.29 is 32.2 Å². The summed E-state index contributed by atoms with van der Waals surface area (Å²) in [6.45, 7) is 0.774. The molecule has 1 N–H and O–H groups in total. The monoisotopic (exact) mass is 538 g/mol. The zero-order valence-corrected chi connectivity index (χ0v) is 21.3. The Morgan fingerprint density at radius 1 is 1.03 bits per heavy atom. The quantitative estimate of drug-likeness (QED) is 0.320. The molecule has 1 aromatic heterocycles. The maximum Gasteiger partial charge on any atom is 0.338 e. The minimum Gasteiger partial charge on any atom is -0.496 e. The Balaban J connectivity index is 1.20. The van der Waals surface area contributed by atoms with Crippen LogP contribution in [0.4, 0.5) is 5.69 Å². The van der Waals surface area contributed by atoms with Crippen molar-refractivity contribution in [3.8, 4) is 27.8 Å². The molecule has 0 spiro atoms. The molecule has 5 rings (SSSR count). The van der Waals surface area contributed by atoms with Crippen LogP contribution in [0.25, 0.3) is 10.6 Å². The maximum absolute atomic E-state index is 12.8. The summed E-state index contributed by atoms with van der Waals surface area (Å²) in [5, 5.41) is 2.59. The molecule has 0 radical (unpaired) electrons. The topological polar surface area (TPSA) is 113 Å². The van der Waals surface area contributed by atoms with E-state index in [9.17, 15) is 13.2 Å². The summed E-state index contributed by atoms with van der Waals surface area (Å²) in [4.78, 5) is 17.1. The smallest absolute Gasteiger partial charge is 0.338 e. The first-order chi connectivity index (χ1) is 17.9. The van der Waals surface area contributed by atoms with E-state index in [2.05, 4.69) is 9.71 Å². The van der Waals surface area contributed by atoms with Crippen molar-refractivity contribution in [2.75, 3.05) is 25.0 Å². The van der Waals surface area contributed by atoms with Crippen LogP contribution in [0.2, 0.25) is 0 Å². The molecule has 1 aliphatic heterocycles. The molecule has 0 atom stereocenters. The van der Waals surface area contributed by atoms with Gasteiger partial charge in [-0.25, -0.2) is 18.2 Å². The van der Waals surface area contributed by atoms with E-state index in [0.29, 0.717) is 41.8 Å². The van der Waals surface area contributed by atoms with Gasteiger partial charge in [0.25, 0.3) is 10.0 Å². The molecule has 0 fully saturated rings. The number of carbonyl (C=O) groups is 1. The van der Waals surface area contributed by atoms with Crippen LogP contribution in [-0.2, 0) is 21.4 Å². The fourth-order valence-corrected chi connectivity index (χ4v) is 5.53. The number of methoxy groups -OCH3 is 1. The van der Waals surface area contributed by atoms with Crippen LogP contribution in [0.3, 0.4) is 0 Å². The Labute approximate surface area is 217 Å². The van der Waals surface area contributed by atoms with E-state index in [1.54, 1.807) is 13.2 Å². The van der Waals surface area contributed by atoms with E-state index in [0.717, 1.165) is 10.6 Å². The Kier molecular flexibility index (Phi) is 6.97. The number of aromatic nitrogens is 1. The predicted molar refractivity (Wildman–Crippen MR) is 138 cm³/mol. The molecule has 0 saturated heterocycles. The molecular formula is C26H22N2O7S2. The van der Waals surface area contributed by atoms with E-state index < -0.39 is 16.0 Å². The number of nitrogens with zero attached hydrogens (tertiary/aromatic N) is 1. The summed E-state index contributed by atoms with van der Waals surface area (Å²) < 4.78 is 49.8. The summed E-state index contributed by atoms with van der Waals surface area (Å²) >= 11 is 1.43. The molecule has 1 aliphatic rings. The van der Waals surface area contributed by atoms with Crippen molar-refractivity contribution in [1.82, 2.24) is 4.98 Å². The number of anilines is 1. The van der Waals surface area contributed by atoms with Crippen LogP contribution in [0, 0.1) is 0 Å². The van der Waals surface area contributed by atoms with E-state index in [-0.39, 0.29) is 17.1 Å². The summed E-state index contributed by atoms with van der Waals surface area (Å²) in [6, 6.07) is 17.9. The molecule has 0 aliphatic carbocycles. The van der Waals surface area contributed by atoms with Gasteiger partial charge in [0.2, 0.25) is 0 Å². The summed E-state index contributed by atoms with van der Waals surface area (Å²) in [6.07, 6.45) is 0. The van der Waals surface area contributed by atoms with Crippen LogP contribution in [0.1, 0.15) is 16.1 Å². The molecule has 11 heteroatoms. The first-order valence-corrected chi connectivity index (χ1v) is 13.6. The van der Waals surface area contributed by atoms with Crippen molar-refractivity contribution in [2.24, 2.45) is 0 Å². The lowest BCUT2D eigenvalue weighted by Gasteiger charge is -2.19. The highest BCUT2D eigenvalue weighted by molar-refractivity contribution is 7.92. The number of thiazole rings is 1. The van der Waals surface area contributed by atoms with Gasteiger partial charge in [0.1, 0.15) is 30.6 Å². The number of nitrogens with one attached hydrogen (secondary N) is 1. The van der Waals surface area contributed by atoms with E-state index in [1.165, 1.54) is 47.7 Å². The molecule has 4 aromatic rings. The fraction of sp³-hybridized carbons (Fsp3) is 0.154. The molecule has 3 aromatic carbocycles. The molecular weight excluding hydrogens is 516 g/mol. The summed E-state index contributed by atoms with van der Waals surface area (Å²) in [7, 11) is -2.27. The number of hydrogen-bond donors (Lipinski definition) is 1. The lowest BCUT2D eigenvalue weighted by atomic mass is 10.2. The molecule has 0 bridgehead atoms. The number of hydrogen-bond acceptors (Lipinski definition) is 9. The Bertz CT molecular complexity index is 1530. The summed E-state index contributed by atoms with van der Waals surface area (Å²) in [5.41, 5.74) is 2.06. The van der Waals surface area contributed by atoms with Gasteiger partial charge < -0.3 is 18.9 Å². The molecule has 2 heterocycles. The van der Waals surface area contributed by atoms with Gasteiger partial charge in [-0.3, -0.25) is 4.72 Å². The lowest BCUT2D eigenvalue weighted by Crippen LogP contribution is -2.17. The molecule has 0 unspecified atom stereocenters. The third-order valence-electron chi connectivity index (χ3n) is 5.44. The number of carbonyl (C=O) groups excluding carboxylic acids is 1. The largest absolute Gasteiger partial charge is 0.496 e. The minimum atomic E-state index is -3.87. The highest BCUT2D eigenvalue weighted by Gasteiger charge is 2.20. The number of fused-ring (bicyclic) bond motifs is 1. The van der Waals surface area contributed by atoms with Gasteiger partial charge in [-0.2, -0.15) is 0 Å². The lowest BCUT2D eigenvalue weighted by molar-refractivity contribution is 0.0468. The van der Waals surface area contributed by atoms with Gasteiger partial charge >= 0.3 is 5.97 Å². The predicted octanol–water partition coefficient (Wildman–Crippen LogP) is 4.75. The Morgan fingerprint density at radius 3 is 2.57 bits per heavy atom. The average Bonchev–Trinajstić information content (AvgIpc) is 3.40. The maximum atomic E-state index is 12.8. The second-order valence-corrected chi connectivity index (χ2v) is 10.4. The molecule has 0 amide bonds. The molecule has 190 valence electrons. The van der Waals surface area contributed by atoms with Crippen LogP contribution >= 0.6 is 11.3 Å². The van der Waals surface area contributed by atoms with Crippen LogP contribution in [0.15, 0.2) is 77.0 Å². The Hall–Kier alpha value is -4.09. The second-order valence-electron chi connectivity index (χ2n) is 7.91. The van der Waals surface area contributed by atoms with Crippen LogP contribution < -0.4 is 18.9 Å². The van der Waals surface area contributed by atoms with Gasteiger partial charge in [0, 0.05) is 17.1 Å². The van der Waals surface area contributed by atoms with Crippen molar-refractivity contribution >= 4 is 33.0 Å². The fourth-order valence-electron chi connectivity index (χ4n) is 3.62. The average molecular weight is 539 g/mol. The number of para-hydroxylation sites is 1. The van der Waals surface area contributed by atoms with E-state index >= 15 is 0 Å². The summed E-state index contributed by atoms with van der Waals surface area (Å²) in [5.74, 6) is 1.04. The van der Waals surface area contributed by atoms with Crippen LogP contribution in [0.5, 0.6) is 17.2 Å². The number of esters is 1. The Morgan fingerprint density at radius 2 is 1.78 bits per heavy atom. The zero-order valence-electron chi connectivity index (χ0n) is 19.7. The third-order valence-corrected chi connectivity index (χ3v) is 7.74. The molecule has 37 heavy (non-hydrogen) atoms. The van der Waals surface area contributed by atoms with Crippen molar-refractivity contribution in [3.05, 3.63) is 83.4 Å². The normalized spacial score (nSPS) is 12.6. The number of sulfonamides is 1. The van der Waals surface area contributed by atoms with Crippen molar-refractivity contribution in [3.63, 3.8) is 0 Å². The third kappa shape index (κ3) is 5.52. The van der Waals surface area contributed by atoms with Crippen molar-refractivity contribution in [2.45, 2.75) is 11.5 Å². The SMILES string of the molecule is COc1ccccc1-c1nc(COC(=O)c2ccc(NS(=O)(=O)c3ccc4c(c3)OCCO4)cc2)cs1. The number of rotatable bonds is 8. The second kappa shape index (κ2) is 10.5. The highest BCUT2D eigenvalue weighted by atomic mass is 32.2. The van der Waals surface area contributed by atoms with Crippen LogP contribution in [-0.4, -0.2) is 39.7 Å². The highest BCUT2D eigenvalue weighted by Crippen LogP contribution is 2.33. The van der Waals surface area contributed by atoms with E-state index in [1.807, 2.05) is 29.6 Å². The first kappa shape index (κ1) is 24.6. The standard InChI is InChI=1S/C26H22N2O7S2/c1-32-22-5-3-2-4-21(22)25-27-19(16-36-25)15-35-26(29)17-6-8-18(9-7-17)28-37(30,31)20-10-11-23-24(14-20)34-13-12-33-23/h2-11,14,16,28H,12-13,15H2,1H3. The van der Waals surface area contributed by atoms with Gasteiger partial charge in [0.15, 0.2) is 11.5 Å². The minimum absolute atomic E-state index is 0.00295. The number of benzene rings is 3. The zero-order chi connectivity index (χ0) is 25.8. The van der Waals surface area contributed by atoms with Gasteiger partial charge in [0.05, 0.1) is 28.8 Å². The molecule has 9 nitrogen and oxygen atoms in total. The molecule has 0 saturated carbocycles. The van der Waals surface area contributed by atoms with Crippen molar-refractivity contribution in [1.29, 1.82) is 0 Å².